The molecular weight excluding hydrogens is 338 g/mol. The van der Waals surface area contributed by atoms with Gasteiger partial charge in [0.2, 0.25) is 0 Å². The Morgan fingerprint density at radius 2 is 1.19 bits per heavy atom. The van der Waals surface area contributed by atoms with Gasteiger partial charge >= 0.3 is 0 Å². The Morgan fingerprint density at radius 1 is 0.704 bits per heavy atom. The third-order valence-electron chi connectivity index (χ3n) is 4.17. The van der Waals surface area contributed by atoms with Crippen LogP contribution in [0.4, 0.5) is 0 Å². The van der Waals surface area contributed by atoms with Gasteiger partial charge in [0.05, 0.1) is 6.61 Å². The van der Waals surface area contributed by atoms with E-state index in [-0.39, 0.29) is 12.6 Å². The molecule has 1 unspecified atom stereocenters. The van der Waals surface area contributed by atoms with Crippen LogP contribution < -0.4 is 15.2 Å². The Balaban J connectivity index is 1.73. The van der Waals surface area contributed by atoms with Crippen LogP contribution >= 0.6 is 0 Å². The summed E-state index contributed by atoms with van der Waals surface area (Å²) in [4.78, 5) is 0. The Labute approximate surface area is 160 Å². The molecule has 0 aliphatic carbocycles. The van der Waals surface area contributed by atoms with Crippen molar-refractivity contribution < 1.29 is 14.6 Å². The first-order valence-corrected chi connectivity index (χ1v) is 9.07. The van der Waals surface area contributed by atoms with E-state index in [0.717, 1.165) is 28.2 Å². The maximum Gasteiger partial charge on any atom is 0.123 e. The van der Waals surface area contributed by atoms with Crippen LogP contribution in [0.25, 0.3) is 0 Å². The van der Waals surface area contributed by atoms with Crippen molar-refractivity contribution in [3.8, 4) is 11.5 Å². The SMILES string of the molecule is NC(CO)Cc1cc(OCc2ccccc2)cc(OCc2ccccc2)c1. The molecule has 0 bridgehead atoms. The normalized spacial score (nSPS) is 11.8. The molecule has 140 valence electrons. The minimum Gasteiger partial charge on any atom is -0.489 e. The summed E-state index contributed by atoms with van der Waals surface area (Å²) < 4.78 is 11.9. The van der Waals surface area contributed by atoms with Gasteiger partial charge in [0.25, 0.3) is 0 Å². The first-order chi connectivity index (χ1) is 13.2. The molecule has 0 radical (unpaired) electrons. The highest BCUT2D eigenvalue weighted by molar-refractivity contribution is 5.39. The van der Waals surface area contributed by atoms with E-state index in [9.17, 15) is 5.11 Å². The number of benzene rings is 3. The average Bonchev–Trinajstić information content (AvgIpc) is 2.72. The summed E-state index contributed by atoms with van der Waals surface area (Å²) in [6.45, 7) is 0.901. The number of nitrogens with two attached hydrogens (primary N) is 1. The third-order valence-corrected chi connectivity index (χ3v) is 4.17. The molecule has 1 atom stereocenters. The molecular formula is C23H25NO3. The van der Waals surface area contributed by atoms with Gasteiger partial charge in [0.15, 0.2) is 0 Å². The van der Waals surface area contributed by atoms with Crippen molar-refractivity contribution in [2.75, 3.05) is 6.61 Å². The van der Waals surface area contributed by atoms with Gasteiger partial charge in [-0.15, -0.1) is 0 Å². The van der Waals surface area contributed by atoms with E-state index in [1.807, 2.05) is 78.9 Å². The zero-order valence-corrected chi connectivity index (χ0v) is 15.3. The second-order valence-electron chi connectivity index (χ2n) is 6.51. The van der Waals surface area contributed by atoms with Gasteiger partial charge in [0, 0.05) is 12.1 Å². The highest BCUT2D eigenvalue weighted by atomic mass is 16.5. The Bertz CT molecular complexity index is 760. The van der Waals surface area contributed by atoms with E-state index in [0.29, 0.717) is 19.6 Å². The molecule has 0 aliphatic rings. The molecule has 0 fully saturated rings. The topological polar surface area (TPSA) is 64.7 Å². The summed E-state index contributed by atoms with van der Waals surface area (Å²) in [6, 6.07) is 25.5. The largest absolute Gasteiger partial charge is 0.489 e. The van der Waals surface area contributed by atoms with Gasteiger partial charge in [-0.3, -0.25) is 0 Å². The van der Waals surface area contributed by atoms with Crippen molar-refractivity contribution in [2.24, 2.45) is 5.73 Å². The van der Waals surface area contributed by atoms with Gasteiger partial charge in [-0.05, 0) is 35.2 Å². The van der Waals surface area contributed by atoms with E-state index in [2.05, 4.69) is 0 Å². The number of hydrogen-bond acceptors (Lipinski definition) is 4. The fraction of sp³-hybridized carbons (Fsp3) is 0.217. The van der Waals surface area contributed by atoms with Crippen LogP contribution in [-0.2, 0) is 19.6 Å². The fourth-order valence-electron chi connectivity index (χ4n) is 2.76. The number of ether oxygens (including phenoxy) is 2. The highest BCUT2D eigenvalue weighted by Gasteiger charge is 2.08. The lowest BCUT2D eigenvalue weighted by Crippen LogP contribution is -2.26. The van der Waals surface area contributed by atoms with Gasteiger partial charge in [-0.1, -0.05) is 60.7 Å². The van der Waals surface area contributed by atoms with E-state index >= 15 is 0 Å². The van der Waals surface area contributed by atoms with E-state index in [1.165, 1.54) is 0 Å². The minimum atomic E-state index is -0.309. The predicted molar refractivity (Wildman–Crippen MR) is 107 cm³/mol. The maximum atomic E-state index is 9.25. The molecule has 0 heterocycles. The quantitative estimate of drug-likeness (QED) is 0.608. The van der Waals surface area contributed by atoms with Crippen molar-refractivity contribution in [3.05, 3.63) is 95.6 Å². The molecule has 3 aromatic carbocycles. The third kappa shape index (κ3) is 6.13. The first kappa shape index (κ1) is 19.0. The Hall–Kier alpha value is -2.82. The maximum absolute atomic E-state index is 9.25. The lowest BCUT2D eigenvalue weighted by molar-refractivity contribution is 0.264. The Morgan fingerprint density at radius 3 is 1.63 bits per heavy atom. The number of hydrogen-bond donors (Lipinski definition) is 2. The second kappa shape index (κ2) is 9.76. The molecule has 0 aromatic heterocycles. The minimum absolute atomic E-state index is 0.0602. The Kier molecular flexibility index (Phi) is 6.85. The van der Waals surface area contributed by atoms with Crippen LogP contribution in [0.3, 0.4) is 0 Å². The van der Waals surface area contributed by atoms with Gasteiger partial charge in [-0.25, -0.2) is 0 Å². The summed E-state index contributed by atoms with van der Waals surface area (Å²) in [5, 5.41) is 9.25. The monoisotopic (exact) mass is 363 g/mol. The fourth-order valence-corrected chi connectivity index (χ4v) is 2.76. The summed E-state index contributed by atoms with van der Waals surface area (Å²) >= 11 is 0. The van der Waals surface area contributed by atoms with Gasteiger partial charge in [0.1, 0.15) is 24.7 Å². The average molecular weight is 363 g/mol. The summed E-state index contributed by atoms with van der Waals surface area (Å²) in [5.74, 6) is 1.45. The molecule has 0 spiro atoms. The van der Waals surface area contributed by atoms with Gasteiger partial charge in [-0.2, -0.15) is 0 Å². The summed E-state index contributed by atoms with van der Waals surface area (Å²) in [6.07, 6.45) is 0.556. The molecule has 4 nitrogen and oxygen atoms in total. The van der Waals surface area contributed by atoms with Crippen LogP contribution in [0.5, 0.6) is 11.5 Å². The lowest BCUT2D eigenvalue weighted by Gasteiger charge is -2.14. The zero-order chi connectivity index (χ0) is 18.9. The van der Waals surface area contributed by atoms with E-state index in [4.69, 9.17) is 15.2 Å². The molecule has 3 aromatic rings. The molecule has 27 heavy (non-hydrogen) atoms. The standard InChI is InChI=1S/C23H25NO3/c24-21(15-25)11-20-12-22(26-16-18-7-3-1-4-8-18)14-23(13-20)27-17-19-9-5-2-6-10-19/h1-10,12-14,21,25H,11,15-17,24H2. The van der Waals surface area contributed by atoms with E-state index < -0.39 is 0 Å². The molecule has 0 amide bonds. The summed E-state index contributed by atoms with van der Waals surface area (Å²) in [5.41, 5.74) is 9.08. The number of aliphatic hydroxyl groups excluding tert-OH is 1. The zero-order valence-electron chi connectivity index (χ0n) is 15.3. The predicted octanol–water partition coefficient (Wildman–Crippen LogP) is 3.71. The molecule has 3 N–H and O–H groups in total. The van der Waals surface area contributed by atoms with Crippen LogP contribution in [0.1, 0.15) is 16.7 Å². The molecule has 4 heteroatoms. The van der Waals surface area contributed by atoms with E-state index in [1.54, 1.807) is 0 Å². The molecule has 0 saturated carbocycles. The number of aliphatic hydroxyl groups is 1. The number of rotatable bonds is 9. The first-order valence-electron chi connectivity index (χ1n) is 9.07. The van der Waals surface area contributed by atoms with Crippen molar-refractivity contribution in [1.82, 2.24) is 0 Å². The van der Waals surface area contributed by atoms with Crippen molar-refractivity contribution in [1.29, 1.82) is 0 Å². The van der Waals surface area contributed by atoms with Crippen LogP contribution in [0, 0.1) is 0 Å². The molecule has 0 aliphatic heterocycles. The van der Waals surface area contributed by atoms with Gasteiger partial charge < -0.3 is 20.3 Å². The van der Waals surface area contributed by atoms with Crippen LogP contribution in [0.2, 0.25) is 0 Å². The molecule has 0 saturated heterocycles. The van der Waals surface area contributed by atoms with Crippen molar-refractivity contribution in [2.45, 2.75) is 25.7 Å². The lowest BCUT2D eigenvalue weighted by atomic mass is 10.1. The molecule has 3 rings (SSSR count). The van der Waals surface area contributed by atoms with Crippen molar-refractivity contribution >= 4 is 0 Å². The van der Waals surface area contributed by atoms with Crippen LogP contribution in [0.15, 0.2) is 78.9 Å². The smallest absolute Gasteiger partial charge is 0.123 e. The second-order valence-corrected chi connectivity index (χ2v) is 6.51. The van der Waals surface area contributed by atoms with Crippen molar-refractivity contribution in [3.63, 3.8) is 0 Å². The van der Waals surface area contributed by atoms with Crippen LogP contribution in [-0.4, -0.2) is 17.8 Å². The summed E-state index contributed by atoms with van der Waals surface area (Å²) in [7, 11) is 0. The highest BCUT2D eigenvalue weighted by Crippen LogP contribution is 2.25.